The van der Waals surface area contributed by atoms with Gasteiger partial charge in [-0.15, -0.1) is 0 Å². The smallest absolute Gasteiger partial charge is 0.266 e. The summed E-state index contributed by atoms with van der Waals surface area (Å²) in [5.41, 5.74) is 6.19. The van der Waals surface area contributed by atoms with E-state index in [9.17, 15) is 9.18 Å². The van der Waals surface area contributed by atoms with E-state index in [1.54, 1.807) is 19.2 Å². The fourth-order valence-corrected chi connectivity index (χ4v) is 1.68. The van der Waals surface area contributed by atoms with E-state index < -0.39 is 11.7 Å². The topological polar surface area (TPSA) is 60.9 Å². The molecule has 0 unspecified atom stereocenters. The van der Waals surface area contributed by atoms with E-state index in [-0.39, 0.29) is 11.3 Å². The second-order valence-electron chi connectivity index (χ2n) is 3.41. The molecule has 0 bridgehead atoms. The SMILES string of the molecule is Cn1cc(F)c(-c2ccncc2)c1C(N)=O. The molecule has 1 amide bonds. The quantitative estimate of drug-likeness (QED) is 0.828. The number of aromatic nitrogens is 2. The highest BCUT2D eigenvalue weighted by molar-refractivity contribution is 5.98. The number of hydrogen-bond acceptors (Lipinski definition) is 2. The third kappa shape index (κ3) is 1.56. The third-order valence-electron chi connectivity index (χ3n) is 2.34. The van der Waals surface area contributed by atoms with Gasteiger partial charge in [0.1, 0.15) is 11.5 Å². The summed E-state index contributed by atoms with van der Waals surface area (Å²) in [6, 6.07) is 3.26. The predicted molar refractivity (Wildman–Crippen MR) is 57.1 cm³/mol. The van der Waals surface area contributed by atoms with Gasteiger partial charge in [-0.25, -0.2) is 4.39 Å². The fraction of sp³-hybridized carbons (Fsp3) is 0.0909. The van der Waals surface area contributed by atoms with E-state index in [4.69, 9.17) is 5.73 Å². The third-order valence-corrected chi connectivity index (χ3v) is 2.34. The Hall–Kier alpha value is -2.17. The lowest BCUT2D eigenvalue weighted by atomic mass is 10.1. The summed E-state index contributed by atoms with van der Waals surface area (Å²) in [4.78, 5) is 15.1. The van der Waals surface area contributed by atoms with Crippen molar-refractivity contribution in [3.8, 4) is 11.1 Å². The lowest BCUT2D eigenvalue weighted by Gasteiger charge is -2.03. The Kier molecular flexibility index (Phi) is 2.44. The molecule has 0 aliphatic rings. The van der Waals surface area contributed by atoms with Gasteiger partial charge in [0.05, 0.1) is 0 Å². The van der Waals surface area contributed by atoms with Crippen LogP contribution in [0.2, 0.25) is 0 Å². The maximum atomic E-state index is 13.7. The molecule has 0 atom stereocenters. The summed E-state index contributed by atoms with van der Waals surface area (Å²) in [5, 5.41) is 0. The average molecular weight is 219 g/mol. The van der Waals surface area contributed by atoms with Crippen LogP contribution in [0.5, 0.6) is 0 Å². The normalized spacial score (nSPS) is 10.4. The Balaban J connectivity index is 2.69. The van der Waals surface area contributed by atoms with Gasteiger partial charge >= 0.3 is 0 Å². The number of pyridine rings is 1. The first-order valence-corrected chi connectivity index (χ1v) is 4.66. The Morgan fingerprint density at radius 3 is 2.62 bits per heavy atom. The van der Waals surface area contributed by atoms with E-state index in [1.165, 1.54) is 23.2 Å². The Bertz CT molecular complexity index is 534. The second-order valence-corrected chi connectivity index (χ2v) is 3.41. The Morgan fingerprint density at radius 2 is 2.06 bits per heavy atom. The van der Waals surface area contributed by atoms with E-state index in [0.29, 0.717) is 5.56 Å². The predicted octanol–water partition coefficient (Wildman–Crippen LogP) is 1.33. The first kappa shape index (κ1) is 10.4. The molecule has 2 N–H and O–H groups in total. The number of carbonyl (C=O) groups is 1. The molecule has 16 heavy (non-hydrogen) atoms. The maximum absolute atomic E-state index is 13.7. The van der Waals surface area contributed by atoms with Crippen molar-refractivity contribution >= 4 is 5.91 Å². The van der Waals surface area contributed by atoms with Crippen LogP contribution in [-0.2, 0) is 7.05 Å². The van der Waals surface area contributed by atoms with Gasteiger partial charge in [0.25, 0.3) is 5.91 Å². The summed E-state index contributed by atoms with van der Waals surface area (Å²) in [6.45, 7) is 0. The zero-order valence-electron chi connectivity index (χ0n) is 8.64. The van der Waals surface area contributed by atoms with Crippen LogP contribution in [0, 0.1) is 5.82 Å². The van der Waals surface area contributed by atoms with Crippen LogP contribution in [0.25, 0.3) is 11.1 Å². The molecule has 2 heterocycles. The molecule has 0 aliphatic heterocycles. The number of rotatable bonds is 2. The van der Waals surface area contributed by atoms with Gasteiger partial charge in [-0.2, -0.15) is 0 Å². The molecule has 0 fully saturated rings. The number of halogens is 1. The van der Waals surface area contributed by atoms with Gasteiger partial charge in [-0.3, -0.25) is 9.78 Å². The van der Waals surface area contributed by atoms with Crippen LogP contribution in [0.3, 0.4) is 0 Å². The minimum Gasteiger partial charge on any atom is -0.364 e. The second kappa shape index (κ2) is 3.77. The van der Waals surface area contributed by atoms with Crippen molar-refractivity contribution in [1.29, 1.82) is 0 Å². The summed E-state index contributed by atoms with van der Waals surface area (Å²) in [5.74, 6) is -1.12. The molecule has 0 radical (unpaired) electrons. The molecule has 0 aromatic carbocycles. The molecule has 2 rings (SSSR count). The van der Waals surface area contributed by atoms with Crippen molar-refractivity contribution < 1.29 is 9.18 Å². The molecule has 82 valence electrons. The van der Waals surface area contributed by atoms with Crippen LogP contribution < -0.4 is 5.73 Å². The molecule has 0 saturated heterocycles. The number of primary amides is 1. The highest BCUT2D eigenvalue weighted by atomic mass is 19.1. The lowest BCUT2D eigenvalue weighted by molar-refractivity contribution is 0.0993. The van der Waals surface area contributed by atoms with Gasteiger partial charge in [0, 0.05) is 31.2 Å². The minimum atomic E-state index is -0.654. The van der Waals surface area contributed by atoms with Crippen LogP contribution in [0.15, 0.2) is 30.7 Å². The molecule has 5 heteroatoms. The van der Waals surface area contributed by atoms with Crippen molar-refractivity contribution in [3.63, 3.8) is 0 Å². The van der Waals surface area contributed by atoms with E-state index in [0.717, 1.165) is 0 Å². The number of aryl methyl sites for hydroxylation is 1. The average Bonchev–Trinajstić information content (AvgIpc) is 2.55. The lowest BCUT2D eigenvalue weighted by Crippen LogP contribution is -2.16. The number of carbonyl (C=O) groups excluding carboxylic acids is 1. The first-order valence-electron chi connectivity index (χ1n) is 4.66. The van der Waals surface area contributed by atoms with Gasteiger partial charge in [-0.1, -0.05) is 0 Å². The van der Waals surface area contributed by atoms with Crippen molar-refractivity contribution in [1.82, 2.24) is 9.55 Å². The van der Waals surface area contributed by atoms with Gasteiger partial charge in [0.2, 0.25) is 0 Å². The molecule has 2 aromatic rings. The van der Waals surface area contributed by atoms with Crippen LogP contribution in [0.1, 0.15) is 10.5 Å². The van der Waals surface area contributed by atoms with Gasteiger partial charge < -0.3 is 10.3 Å². The number of nitrogens with two attached hydrogens (primary N) is 1. The monoisotopic (exact) mass is 219 g/mol. The van der Waals surface area contributed by atoms with Crippen molar-refractivity contribution in [2.75, 3.05) is 0 Å². The summed E-state index contributed by atoms with van der Waals surface area (Å²) >= 11 is 0. The van der Waals surface area contributed by atoms with E-state index >= 15 is 0 Å². The van der Waals surface area contributed by atoms with Gasteiger partial charge in [0.15, 0.2) is 0 Å². The number of hydrogen-bond donors (Lipinski definition) is 1. The number of nitrogens with zero attached hydrogens (tertiary/aromatic N) is 2. The molecule has 4 nitrogen and oxygen atoms in total. The molecular weight excluding hydrogens is 209 g/mol. The molecule has 0 aliphatic carbocycles. The van der Waals surface area contributed by atoms with Crippen LogP contribution >= 0.6 is 0 Å². The van der Waals surface area contributed by atoms with Crippen molar-refractivity contribution in [2.24, 2.45) is 12.8 Å². The van der Waals surface area contributed by atoms with Crippen molar-refractivity contribution in [3.05, 3.63) is 42.2 Å². The summed E-state index contributed by atoms with van der Waals surface area (Å²) < 4.78 is 15.1. The largest absolute Gasteiger partial charge is 0.364 e. The maximum Gasteiger partial charge on any atom is 0.266 e. The van der Waals surface area contributed by atoms with Gasteiger partial charge in [-0.05, 0) is 17.7 Å². The highest BCUT2D eigenvalue weighted by Gasteiger charge is 2.19. The zero-order valence-corrected chi connectivity index (χ0v) is 8.64. The van der Waals surface area contributed by atoms with E-state index in [1.807, 2.05) is 0 Å². The number of amides is 1. The summed E-state index contributed by atoms with van der Waals surface area (Å²) in [7, 11) is 1.58. The van der Waals surface area contributed by atoms with Crippen molar-refractivity contribution in [2.45, 2.75) is 0 Å². The minimum absolute atomic E-state index is 0.156. The zero-order chi connectivity index (χ0) is 11.7. The van der Waals surface area contributed by atoms with Crippen LogP contribution in [-0.4, -0.2) is 15.5 Å². The summed E-state index contributed by atoms with van der Waals surface area (Å²) in [6.07, 6.45) is 4.30. The Labute approximate surface area is 91.5 Å². The molecular formula is C11H10FN3O. The molecule has 2 aromatic heterocycles. The Morgan fingerprint density at radius 1 is 1.44 bits per heavy atom. The standard InChI is InChI=1S/C11H10FN3O/c1-15-6-8(12)9(10(15)11(13)16)7-2-4-14-5-3-7/h2-6H,1H3,(H2,13,16). The first-order chi connectivity index (χ1) is 7.61. The van der Waals surface area contributed by atoms with E-state index in [2.05, 4.69) is 4.98 Å². The molecule has 0 spiro atoms. The molecule has 0 saturated carbocycles. The highest BCUT2D eigenvalue weighted by Crippen LogP contribution is 2.27. The fourth-order valence-electron chi connectivity index (χ4n) is 1.68. The van der Waals surface area contributed by atoms with Crippen LogP contribution in [0.4, 0.5) is 4.39 Å².